The summed E-state index contributed by atoms with van der Waals surface area (Å²) in [6, 6.07) is 9.60. The molecule has 23 heavy (non-hydrogen) atoms. The molecule has 1 aliphatic heterocycles. The van der Waals surface area contributed by atoms with Gasteiger partial charge in [-0.3, -0.25) is 9.69 Å². The maximum Gasteiger partial charge on any atom is 0.245 e. The number of nitrogens with one attached hydrogen (secondary N) is 1. The van der Waals surface area contributed by atoms with Crippen molar-refractivity contribution in [3.05, 3.63) is 42.0 Å². The molecular weight excluding hydrogens is 355 g/mol. The number of benzene rings is 1. The fourth-order valence-corrected chi connectivity index (χ4v) is 3.23. The third kappa shape index (κ3) is 6.34. The molecule has 1 heterocycles. The Labute approximate surface area is 152 Å². The minimum absolute atomic E-state index is 0.269. The fourth-order valence-electron chi connectivity index (χ4n) is 2.65. The average Bonchev–Trinajstić information content (AvgIpc) is 2.79. The Morgan fingerprint density at radius 2 is 1.70 bits per heavy atom. The molecule has 0 bridgehead atoms. The predicted molar refractivity (Wildman–Crippen MR) is 97.7 cm³/mol. The number of hydrogen-bond donors (Lipinski definition) is 1. The van der Waals surface area contributed by atoms with Crippen LogP contribution in [0.1, 0.15) is 31.2 Å². The van der Waals surface area contributed by atoms with Gasteiger partial charge in [0.2, 0.25) is 9.70 Å². The summed E-state index contributed by atoms with van der Waals surface area (Å²) >= 11 is 18.3. The number of amides is 1. The highest BCUT2D eigenvalue weighted by molar-refractivity contribution is 6.68. The zero-order valence-corrected chi connectivity index (χ0v) is 15.1. The maximum atomic E-state index is 12.2. The van der Waals surface area contributed by atoms with Gasteiger partial charge in [-0.05, 0) is 24.5 Å². The van der Waals surface area contributed by atoms with Gasteiger partial charge in [0.1, 0.15) is 6.17 Å². The standard InChI is InChI=1S/C17H21Cl3N2O/c18-17(19,20)16(22-12-6-1-2-7-13-22)21-15(23)11-10-14-8-4-3-5-9-14/h3-5,8-11,16H,1-2,6-7,12-13H2,(H,21,23). The van der Waals surface area contributed by atoms with E-state index in [0.717, 1.165) is 31.5 Å². The Balaban J connectivity index is 2.02. The van der Waals surface area contributed by atoms with E-state index < -0.39 is 9.96 Å². The number of carbonyl (C=O) groups is 1. The molecule has 1 aromatic rings. The second-order valence-corrected chi connectivity index (χ2v) is 8.02. The van der Waals surface area contributed by atoms with E-state index in [1.54, 1.807) is 6.08 Å². The van der Waals surface area contributed by atoms with Gasteiger partial charge in [0.25, 0.3) is 0 Å². The molecule has 0 saturated carbocycles. The number of nitrogens with zero attached hydrogens (tertiary/aromatic N) is 1. The second kappa shape index (κ2) is 8.93. The first kappa shape index (κ1) is 18.6. The van der Waals surface area contributed by atoms with Gasteiger partial charge < -0.3 is 5.32 Å². The van der Waals surface area contributed by atoms with Gasteiger partial charge in [0.15, 0.2) is 0 Å². The first-order valence-electron chi connectivity index (χ1n) is 7.81. The van der Waals surface area contributed by atoms with E-state index in [-0.39, 0.29) is 5.91 Å². The molecule has 1 saturated heterocycles. The van der Waals surface area contributed by atoms with Crippen LogP contribution in [-0.2, 0) is 4.79 Å². The molecule has 1 aromatic carbocycles. The van der Waals surface area contributed by atoms with Gasteiger partial charge in [-0.2, -0.15) is 0 Å². The van der Waals surface area contributed by atoms with Crippen molar-refractivity contribution in [3.63, 3.8) is 0 Å². The fraction of sp³-hybridized carbons (Fsp3) is 0.471. The third-order valence-corrected chi connectivity index (χ3v) is 4.44. The molecule has 3 nitrogen and oxygen atoms in total. The van der Waals surface area contributed by atoms with Gasteiger partial charge in [0, 0.05) is 19.2 Å². The monoisotopic (exact) mass is 374 g/mol. The Kier molecular flexibility index (Phi) is 7.22. The van der Waals surface area contributed by atoms with E-state index in [1.165, 1.54) is 18.9 Å². The van der Waals surface area contributed by atoms with E-state index >= 15 is 0 Å². The zero-order chi connectivity index (χ0) is 16.7. The Bertz CT molecular complexity index is 520. The van der Waals surface area contributed by atoms with E-state index in [0.29, 0.717) is 0 Å². The topological polar surface area (TPSA) is 32.3 Å². The summed E-state index contributed by atoms with van der Waals surface area (Å²) in [5.41, 5.74) is 0.947. The minimum Gasteiger partial charge on any atom is -0.333 e. The largest absolute Gasteiger partial charge is 0.333 e. The molecule has 126 valence electrons. The highest BCUT2D eigenvalue weighted by atomic mass is 35.6. The van der Waals surface area contributed by atoms with Crippen LogP contribution in [0.3, 0.4) is 0 Å². The van der Waals surface area contributed by atoms with Crippen LogP contribution >= 0.6 is 34.8 Å². The number of alkyl halides is 3. The highest BCUT2D eigenvalue weighted by Gasteiger charge is 2.38. The van der Waals surface area contributed by atoms with Crippen molar-refractivity contribution in [1.82, 2.24) is 10.2 Å². The highest BCUT2D eigenvalue weighted by Crippen LogP contribution is 2.33. The van der Waals surface area contributed by atoms with Crippen LogP contribution in [0.25, 0.3) is 6.08 Å². The Hall–Kier alpha value is -0.740. The SMILES string of the molecule is O=C(C=Cc1ccccc1)NC(N1CCCCCC1)C(Cl)(Cl)Cl. The molecule has 0 radical (unpaired) electrons. The first-order valence-corrected chi connectivity index (χ1v) is 8.94. The molecule has 6 heteroatoms. The summed E-state index contributed by atoms with van der Waals surface area (Å²) < 4.78 is -1.57. The first-order chi connectivity index (χ1) is 11.0. The van der Waals surface area contributed by atoms with Crippen LogP contribution in [0.2, 0.25) is 0 Å². The third-order valence-electron chi connectivity index (χ3n) is 3.82. The van der Waals surface area contributed by atoms with E-state index in [2.05, 4.69) is 5.32 Å². The van der Waals surface area contributed by atoms with Crippen molar-refractivity contribution in [2.75, 3.05) is 13.1 Å². The number of rotatable bonds is 4. The smallest absolute Gasteiger partial charge is 0.245 e. The van der Waals surface area contributed by atoms with Gasteiger partial charge in [-0.1, -0.05) is 78.0 Å². The summed E-state index contributed by atoms with van der Waals surface area (Å²) in [5.74, 6) is -0.269. The summed E-state index contributed by atoms with van der Waals surface area (Å²) in [7, 11) is 0. The Morgan fingerprint density at radius 3 is 2.26 bits per heavy atom. The maximum absolute atomic E-state index is 12.2. The van der Waals surface area contributed by atoms with Crippen molar-refractivity contribution in [2.45, 2.75) is 35.6 Å². The van der Waals surface area contributed by atoms with Crippen molar-refractivity contribution >= 4 is 46.8 Å². The number of hydrogen-bond acceptors (Lipinski definition) is 2. The normalized spacial score (nSPS) is 18.6. The molecule has 0 aliphatic carbocycles. The molecular formula is C17H21Cl3N2O. The molecule has 0 spiro atoms. The van der Waals surface area contributed by atoms with Crippen LogP contribution < -0.4 is 5.32 Å². The van der Waals surface area contributed by atoms with Crippen molar-refractivity contribution in [2.24, 2.45) is 0 Å². The zero-order valence-electron chi connectivity index (χ0n) is 12.9. The van der Waals surface area contributed by atoms with Crippen LogP contribution in [0, 0.1) is 0 Å². The van der Waals surface area contributed by atoms with Gasteiger partial charge >= 0.3 is 0 Å². The summed E-state index contributed by atoms with van der Waals surface area (Å²) in [4.78, 5) is 14.3. The summed E-state index contributed by atoms with van der Waals surface area (Å²) in [6.07, 6.45) is 7.03. The van der Waals surface area contributed by atoms with Gasteiger partial charge in [-0.25, -0.2) is 0 Å². The quantitative estimate of drug-likeness (QED) is 0.625. The van der Waals surface area contributed by atoms with E-state index in [1.807, 2.05) is 35.2 Å². The minimum atomic E-state index is -1.57. The van der Waals surface area contributed by atoms with Crippen LogP contribution in [-0.4, -0.2) is 33.9 Å². The van der Waals surface area contributed by atoms with Gasteiger partial charge in [0.05, 0.1) is 0 Å². The molecule has 1 atom stereocenters. The number of carbonyl (C=O) groups excluding carboxylic acids is 1. The Morgan fingerprint density at radius 1 is 1.09 bits per heavy atom. The van der Waals surface area contributed by atoms with Crippen LogP contribution in [0.5, 0.6) is 0 Å². The predicted octanol–water partition coefficient (Wildman–Crippen LogP) is 4.39. The van der Waals surface area contributed by atoms with Gasteiger partial charge in [-0.15, -0.1) is 0 Å². The lowest BCUT2D eigenvalue weighted by molar-refractivity contribution is -0.118. The molecule has 1 aliphatic rings. The molecule has 2 rings (SSSR count). The van der Waals surface area contributed by atoms with Crippen molar-refractivity contribution in [3.8, 4) is 0 Å². The molecule has 0 aromatic heterocycles. The number of likely N-dealkylation sites (tertiary alicyclic amines) is 1. The summed E-state index contributed by atoms with van der Waals surface area (Å²) in [6.45, 7) is 1.64. The molecule has 1 amide bonds. The van der Waals surface area contributed by atoms with Crippen molar-refractivity contribution < 1.29 is 4.79 Å². The van der Waals surface area contributed by atoms with E-state index in [4.69, 9.17) is 34.8 Å². The van der Waals surface area contributed by atoms with Crippen LogP contribution in [0.4, 0.5) is 0 Å². The lowest BCUT2D eigenvalue weighted by atomic mass is 10.2. The lowest BCUT2D eigenvalue weighted by Gasteiger charge is -2.35. The van der Waals surface area contributed by atoms with E-state index in [9.17, 15) is 4.79 Å². The number of halogens is 3. The average molecular weight is 376 g/mol. The second-order valence-electron chi connectivity index (χ2n) is 5.65. The van der Waals surface area contributed by atoms with Crippen LogP contribution in [0.15, 0.2) is 36.4 Å². The molecule has 1 fully saturated rings. The molecule has 1 unspecified atom stereocenters. The summed E-state index contributed by atoms with van der Waals surface area (Å²) in [5, 5.41) is 2.83. The lowest BCUT2D eigenvalue weighted by Crippen LogP contribution is -2.55. The molecule has 1 N–H and O–H groups in total. The van der Waals surface area contributed by atoms with Crippen molar-refractivity contribution in [1.29, 1.82) is 0 Å².